The molecule has 0 fully saturated rings. The Balaban J connectivity index is 1.94. The molecule has 6 heteroatoms. The molecular weight excluding hydrogens is 306 g/mol. The van der Waals surface area contributed by atoms with Crippen LogP contribution in [0.5, 0.6) is 5.75 Å². The maximum atomic E-state index is 12.0. The van der Waals surface area contributed by atoms with Crippen LogP contribution in [0.25, 0.3) is 0 Å². The summed E-state index contributed by atoms with van der Waals surface area (Å²) >= 11 is 0. The van der Waals surface area contributed by atoms with Gasteiger partial charge in [-0.2, -0.15) is 5.26 Å². The van der Waals surface area contributed by atoms with Gasteiger partial charge in [-0.1, -0.05) is 0 Å². The number of carbonyl (C=O) groups excluding carboxylic acids is 1. The number of nitrogens with zero attached hydrogens (tertiary/aromatic N) is 1. The van der Waals surface area contributed by atoms with Gasteiger partial charge in [0, 0.05) is 18.5 Å². The van der Waals surface area contributed by atoms with E-state index in [0.29, 0.717) is 30.2 Å². The quantitative estimate of drug-likeness (QED) is 0.796. The molecule has 2 rings (SSSR count). The fraction of sp³-hybridized carbons (Fsp3) is 0.222. The molecule has 2 aromatic rings. The smallest absolute Gasteiger partial charge is 0.323 e. The third-order valence-corrected chi connectivity index (χ3v) is 3.27. The number of urea groups is 1. The van der Waals surface area contributed by atoms with Crippen LogP contribution >= 0.6 is 0 Å². The Hall–Kier alpha value is -3.04. The minimum Gasteiger partial charge on any atom is -0.491 e. The molecule has 0 atom stereocenters. The predicted octanol–water partition coefficient (Wildman–Crippen LogP) is 3.54. The van der Waals surface area contributed by atoms with Gasteiger partial charge in [0.1, 0.15) is 12.4 Å². The molecule has 0 aliphatic rings. The zero-order valence-corrected chi connectivity index (χ0v) is 13.6. The number of aryl methyl sites for hydroxylation is 1. The fourth-order valence-corrected chi connectivity index (χ4v) is 2.02. The maximum absolute atomic E-state index is 12.0. The Kier molecular flexibility index (Phi) is 6.17. The lowest BCUT2D eigenvalue weighted by molar-refractivity contribution is 0.146. The van der Waals surface area contributed by atoms with Gasteiger partial charge < -0.3 is 20.1 Å². The average Bonchev–Trinajstić information content (AvgIpc) is 2.58. The second-order valence-corrected chi connectivity index (χ2v) is 5.09. The van der Waals surface area contributed by atoms with E-state index in [-0.39, 0.29) is 6.03 Å². The summed E-state index contributed by atoms with van der Waals surface area (Å²) in [5.41, 5.74) is 2.74. The van der Waals surface area contributed by atoms with Crippen LogP contribution in [0, 0.1) is 18.3 Å². The number of anilines is 2. The van der Waals surface area contributed by atoms with Crippen LogP contribution in [0.4, 0.5) is 16.2 Å². The summed E-state index contributed by atoms with van der Waals surface area (Å²) in [6.07, 6.45) is 0. The molecule has 0 saturated heterocycles. The molecule has 0 aromatic heterocycles. The second-order valence-electron chi connectivity index (χ2n) is 5.09. The minimum atomic E-state index is -0.351. The standard InChI is InChI=1S/C18H19N3O3/c1-13-11-16(24-10-9-23-2)7-8-17(13)21-18(22)20-15-5-3-14(12-19)4-6-15/h3-8,11H,9-10H2,1-2H3,(H2,20,21,22). The first kappa shape index (κ1) is 17.3. The monoisotopic (exact) mass is 325 g/mol. The van der Waals surface area contributed by atoms with Crippen molar-refractivity contribution in [2.75, 3.05) is 31.0 Å². The topological polar surface area (TPSA) is 83.4 Å². The fourth-order valence-electron chi connectivity index (χ4n) is 2.02. The Morgan fingerprint density at radius 2 is 1.88 bits per heavy atom. The molecule has 0 spiro atoms. The van der Waals surface area contributed by atoms with E-state index >= 15 is 0 Å². The normalized spacial score (nSPS) is 9.88. The molecule has 0 aliphatic carbocycles. The Bertz CT molecular complexity index is 736. The van der Waals surface area contributed by atoms with Crippen molar-refractivity contribution < 1.29 is 14.3 Å². The molecule has 2 aromatic carbocycles. The highest BCUT2D eigenvalue weighted by Crippen LogP contribution is 2.21. The number of rotatable bonds is 6. The van der Waals surface area contributed by atoms with Crippen molar-refractivity contribution in [2.45, 2.75) is 6.92 Å². The van der Waals surface area contributed by atoms with Gasteiger partial charge in [-0.15, -0.1) is 0 Å². The van der Waals surface area contributed by atoms with Crippen LogP contribution in [-0.2, 0) is 4.74 Å². The largest absolute Gasteiger partial charge is 0.491 e. The van der Waals surface area contributed by atoms with Crippen LogP contribution in [-0.4, -0.2) is 26.4 Å². The summed E-state index contributed by atoms with van der Waals surface area (Å²) in [7, 11) is 1.62. The molecule has 6 nitrogen and oxygen atoms in total. The van der Waals surface area contributed by atoms with E-state index in [2.05, 4.69) is 10.6 Å². The minimum absolute atomic E-state index is 0.351. The van der Waals surface area contributed by atoms with Crippen molar-refractivity contribution in [3.63, 3.8) is 0 Å². The van der Waals surface area contributed by atoms with E-state index in [9.17, 15) is 4.79 Å². The number of hydrogen-bond donors (Lipinski definition) is 2. The number of hydrogen-bond acceptors (Lipinski definition) is 4. The van der Waals surface area contributed by atoms with Crippen LogP contribution in [0.3, 0.4) is 0 Å². The number of benzene rings is 2. The molecule has 0 unspecified atom stereocenters. The molecule has 0 bridgehead atoms. The van der Waals surface area contributed by atoms with Gasteiger partial charge in [0.2, 0.25) is 0 Å². The summed E-state index contributed by atoms with van der Waals surface area (Å²) in [4.78, 5) is 12.0. The van der Waals surface area contributed by atoms with E-state index in [1.54, 1.807) is 43.5 Å². The molecule has 124 valence electrons. The first-order valence-corrected chi connectivity index (χ1v) is 7.43. The Morgan fingerprint density at radius 3 is 2.50 bits per heavy atom. The third-order valence-electron chi connectivity index (χ3n) is 3.27. The molecule has 2 N–H and O–H groups in total. The summed E-state index contributed by atoms with van der Waals surface area (Å²) in [5.74, 6) is 0.725. The van der Waals surface area contributed by atoms with Gasteiger partial charge >= 0.3 is 6.03 Å². The van der Waals surface area contributed by atoms with Crippen LogP contribution in [0.15, 0.2) is 42.5 Å². The van der Waals surface area contributed by atoms with Crippen LogP contribution in [0.2, 0.25) is 0 Å². The molecule has 0 heterocycles. The number of ether oxygens (including phenoxy) is 2. The third kappa shape index (κ3) is 5.00. The summed E-state index contributed by atoms with van der Waals surface area (Å²) in [6, 6.07) is 13.8. The zero-order valence-electron chi connectivity index (χ0n) is 13.6. The Morgan fingerprint density at radius 1 is 1.12 bits per heavy atom. The molecule has 24 heavy (non-hydrogen) atoms. The lowest BCUT2D eigenvalue weighted by Crippen LogP contribution is -2.20. The number of carbonyl (C=O) groups is 1. The summed E-state index contributed by atoms with van der Waals surface area (Å²) in [5, 5.41) is 14.3. The first-order valence-electron chi connectivity index (χ1n) is 7.43. The van der Waals surface area contributed by atoms with Crippen LogP contribution in [0.1, 0.15) is 11.1 Å². The van der Waals surface area contributed by atoms with E-state index < -0.39 is 0 Å². The first-order chi connectivity index (χ1) is 11.6. The van der Waals surface area contributed by atoms with Crippen LogP contribution < -0.4 is 15.4 Å². The highest BCUT2D eigenvalue weighted by atomic mass is 16.5. The van der Waals surface area contributed by atoms with Crippen molar-refractivity contribution in [3.8, 4) is 11.8 Å². The van der Waals surface area contributed by atoms with Gasteiger partial charge in [-0.3, -0.25) is 0 Å². The van der Waals surface area contributed by atoms with Gasteiger partial charge in [-0.25, -0.2) is 4.79 Å². The second kappa shape index (κ2) is 8.56. The lowest BCUT2D eigenvalue weighted by Gasteiger charge is -2.12. The summed E-state index contributed by atoms with van der Waals surface area (Å²) < 4.78 is 10.5. The molecular formula is C18H19N3O3. The van der Waals surface area contributed by atoms with Gasteiger partial charge in [0.25, 0.3) is 0 Å². The molecule has 2 amide bonds. The highest BCUT2D eigenvalue weighted by Gasteiger charge is 2.06. The van der Waals surface area contributed by atoms with Gasteiger partial charge in [0.05, 0.1) is 18.2 Å². The van der Waals surface area contributed by atoms with Gasteiger partial charge in [0.15, 0.2) is 0 Å². The number of amides is 2. The Labute approximate surface area is 141 Å². The number of nitriles is 1. The van der Waals surface area contributed by atoms with E-state index in [1.807, 2.05) is 19.1 Å². The van der Waals surface area contributed by atoms with Crippen molar-refractivity contribution in [3.05, 3.63) is 53.6 Å². The zero-order chi connectivity index (χ0) is 17.4. The van der Waals surface area contributed by atoms with Crippen molar-refractivity contribution in [1.29, 1.82) is 5.26 Å². The van der Waals surface area contributed by atoms with E-state index in [4.69, 9.17) is 14.7 Å². The van der Waals surface area contributed by atoms with Gasteiger partial charge in [-0.05, 0) is 55.0 Å². The van der Waals surface area contributed by atoms with Crippen molar-refractivity contribution in [2.24, 2.45) is 0 Å². The molecule has 0 saturated carbocycles. The highest BCUT2D eigenvalue weighted by molar-refractivity contribution is 6.00. The number of methoxy groups -OCH3 is 1. The van der Waals surface area contributed by atoms with Crippen molar-refractivity contribution >= 4 is 17.4 Å². The summed E-state index contributed by atoms with van der Waals surface area (Å²) in [6.45, 7) is 2.88. The lowest BCUT2D eigenvalue weighted by atomic mass is 10.2. The van der Waals surface area contributed by atoms with E-state index in [0.717, 1.165) is 11.3 Å². The molecule has 0 radical (unpaired) electrons. The molecule has 0 aliphatic heterocycles. The maximum Gasteiger partial charge on any atom is 0.323 e. The number of nitrogens with one attached hydrogen (secondary N) is 2. The van der Waals surface area contributed by atoms with E-state index in [1.165, 1.54) is 0 Å². The predicted molar refractivity (Wildman–Crippen MR) is 92.3 cm³/mol. The average molecular weight is 325 g/mol. The SMILES string of the molecule is COCCOc1ccc(NC(=O)Nc2ccc(C#N)cc2)c(C)c1. The van der Waals surface area contributed by atoms with Crippen molar-refractivity contribution in [1.82, 2.24) is 0 Å².